The average molecular weight is 228 g/mol. The zero-order valence-electron chi connectivity index (χ0n) is 8.01. The second kappa shape index (κ2) is 3.30. The molecule has 0 bridgehead atoms. The fourth-order valence-corrected chi connectivity index (χ4v) is 2.18. The van der Waals surface area contributed by atoms with Gasteiger partial charge in [-0.25, -0.2) is 4.98 Å². The van der Waals surface area contributed by atoms with Gasteiger partial charge in [-0.1, -0.05) is 6.07 Å². The Balaban J connectivity index is 2.64. The molecule has 0 aliphatic heterocycles. The summed E-state index contributed by atoms with van der Waals surface area (Å²) in [6.07, 6.45) is 1.66. The van der Waals surface area contributed by atoms with E-state index in [2.05, 4.69) is 4.98 Å². The molecule has 0 aliphatic rings. The SMILES string of the molecule is Cc1nc2ccccn2c1CS(=O)(=O)F. The van der Waals surface area contributed by atoms with E-state index in [1.165, 1.54) is 0 Å². The molecule has 4 nitrogen and oxygen atoms in total. The lowest BCUT2D eigenvalue weighted by Gasteiger charge is -1.98. The van der Waals surface area contributed by atoms with Gasteiger partial charge in [0.2, 0.25) is 0 Å². The van der Waals surface area contributed by atoms with E-state index < -0.39 is 16.0 Å². The van der Waals surface area contributed by atoms with Gasteiger partial charge in [0, 0.05) is 6.20 Å². The zero-order chi connectivity index (χ0) is 11.1. The van der Waals surface area contributed by atoms with Gasteiger partial charge in [-0.05, 0) is 19.1 Å². The molecule has 0 radical (unpaired) electrons. The van der Waals surface area contributed by atoms with Crippen LogP contribution in [0.4, 0.5) is 3.89 Å². The Kier molecular flexibility index (Phi) is 2.22. The topological polar surface area (TPSA) is 51.4 Å². The number of hydrogen-bond donors (Lipinski definition) is 0. The maximum atomic E-state index is 12.6. The number of fused-ring (bicyclic) bond motifs is 1. The Bertz CT molecular complexity index is 604. The lowest BCUT2D eigenvalue weighted by Crippen LogP contribution is -2.01. The van der Waals surface area contributed by atoms with Crippen LogP contribution in [0.5, 0.6) is 0 Å². The van der Waals surface area contributed by atoms with Gasteiger partial charge in [0.15, 0.2) is 0 Å². The molecule has 0 unspecified atom stereocenters. The van der Waals surface area contributed by atoms with Crippen molar-refractivity contribution in [2.45, 2.75) is 12.7 Å². The maximum Gasteiger partial charge on any atom is 0.308 e. The monoisotopic (exact) mass is 228 g/mol. The number of aromatic nitrogens is 2. The summed E-state index contributed by atoms with van der Waals surface area (Å²) in [6, 6.07) is 5.26. The van der Waals surface area contributed by atoms with Gasteiger partial charge in [-0.2, -0.15) is 8.42 Å². The lowest BCUT2D eigenvalue weighted by molar-refractivity contribution is 0.550. The Labute approximate surface area is 86.6 Å². The molecule has 0 saturated heterocycles. The van der Waals surface area contributed by atoms with E-state index in [9.17, 15) is 12.3 Å². The third-order valence-corrected chi connectivity index (χ3v) is 2.76. The van der Waals surface area contributed by atoms with Crippen LogP contribution in [0.1, 0.15) is 11.4 Å². The number of nitrogens with zero attached hydrogens (tertiary/aromatic N) is 2. The molecule has 6 heteroatoms. The van der Waals surface area contributed by atoms with Crippen LogP contribution in [-0.2, 0) is 16.0 Å². The molecule has 0 saturated carbocycles. The molecule has 0 spiro atoms. The maximum absolute atomic E-state index is 12.6. The first kappa shape index (κ1) is 10.1. The Morgan fingerprint density at radius 3 is 2.87 bits per heavy atom. The molecule has 0 fully saturated rings. The van der Waals surface area contributed by atoms with E-state index in [1.54, 1.807) is 35.7 Å². The Hall–Kier alpha value is -1.43. The van der Waals surface area contributed by atoms with Gasteiger partial charge in [0.05, 0.1) is 11.4 Å². The van der Waals surface area contributed by atoms with E-state index in [4.69, 9.17) is 0 Å². The van der Waals surface area contributed by atoms with Crippen molar-refractivity contribution in [1.29, 1.82) is 0 Å². The van der Waals surface area contributed by atoms with Crippen molar-refractivity contribution in [3.05, 3.63) is 35.8 Å². The largest absolute Gasteiger partial charge is 0.308 e. The number of imidazole rings is 1. The van der Waals surface area contributed by atoms with Crippen molar-refractivity contribution < 1.29 is 12.3 Å². The highest BCUT2D eigenvalue weighted by Crippen LogP contribution is 2.15. The Morgan fingerprint density at radius 1 is 1.47 bits per heavy atom. The molecular weight excluding hydrogens is 219 g/mol. The van der Waals surface area contributed by atoms with Crippen molar-refractivity contribution in [2.24, 2.45) is 0 Å². The first-order valence-corrected chi connectivity index (χ1v) is 5.87. The van der Waals surface area contributed by atoms with Crippen LogP contribution in [0.3, 0.4) is 0 Å². The van der Waals surface area contributed by atoms with E-state index in [-0.39, 0.29) is 0 Å². The smallest absolute Gasteiger partial charge is 0.303 e. The number of aryl methyl sites for hydroxylation is 1. The van der Waals surface area contributed by atoms with Crippen molar-refractivity contribution in [3.63, 3.8) is 0 Å². The minimum atomic E-state index is -4.52. The van der Waals surface area contributed by atoms with Crippen LogP contribution >= 0.6 is 0 Å². The normalized spacial score (nSPS) is 12.1. The summed E-state index contributed by atoms with van der Waals surface area (Å²) in [6.45, 7) is 1.66. The van der Waals surface area contributed by atoms with Crippen molar-refractivity contribution in [3.8, 4) is 0 Å². The van der Waals surface area contributed by atoms with Crippen molar-refractivity contribution >= 4 is 15.9 Å². The molecule has 0 aliphatic carbocycles. The summed E-state index contributed by atoms with van der Waals surface area (Å²) in [5, 5.41) is 0. The van der Waals surface area contributed by atoms with Gasteiger partial charge in [-0.3, -0.25) is 0 Å². The molecule has 2 aromatic rings. The molecule has 0 N–H and O–H groups in total. The van der Waals surface area contributed by atoms with Gasteiger partial charge in [0.1, 0.15) is 11.4 Å². The van der Waals surface area contributed by atoms with Crippen LogP contribution in [0, 0.1) is 6.92 Å². The summed E-state index contributed by atoms with van der Waals surface area (Å²) >= 11 is 0. The van der Waals surface area contributed by atoms with Crippen LogP contribution in [0.2, 0.25) is 0 Å². The average Bonchev–Trinajstić information content (AvgIpc) is 2.41. The van der Waals surface area contributed by atoms with Crippen LogP contribution in [-0.4, -0.2) is 17.8 Å². The number of pyridine rings is 1. The highest BCUT2D eigenvalue weighted by atomic mass is 32.3. The van der Waals surface area contributed by atoms with Crippen LogP contribution < -0.4 is 0 Å². The standard InChI is InChI=1S/C9H9FN2O2S/c1-7-8(6-15(10,13)14)12-5-3-2-4-9(12)11-7/h2-5H,6H2,1H3. The minimum Gasteiger partial charge on any atom is -0.303 e. The lowest BCUT2D eigenvalue weighted by atomic mass is 10.4. The molecule has 0 aromatic carbocycles. The number of rotatable bonds is 2. The van der Waals surface area contributed by atoms with E-state index >= 15 is 0 Å². The van der Waals surface area contributed by atoms with Crippen molar-refractivity contribution in [2.75, 3.05) is 0 Å². The minimum absolute atomic E-state index is 0.369. The summed E-state index contributed by atoms with van der Waals surface area (Å²) < 4.78 is 35.3. The van der Waals surface area contributed by atoms with E-state index in [0.717, 1.165) is 0 Å². The summed E-state index contributed by atoms with van der Waals surface area (Å²) in [5.74, 6) is -0.635. The van der Waals surface area contributed by atoms with Crippen LogP contribution in [0.25, 0.3) is 5.65 Å². The third-order valence-electron chi connectivity index (χ3n) is 2.14. The predicted molar refractivity (Wildman–Crippen MR) is 53.7 cm³/mol. The van der Waals surface area contributed by atoms with E-state index in [0.29, 0.717) is 17.0 Å². The van der Waals surface area contributed by atoms with Gasteiger partial charge in [-0.15, -0.1) is 3.89 Å². The van der Waals surface area contributed by atoms with Gasteiger partial charge < -0.3 is 4.40 Å². The molecule has 0 atom stereocenters. The summed E-state index contributed by atoms with van der Waals surface area (Å²) in [7, 11) is -4.52. The molecular formula is C9H9FN2O2S. The number of hydrogen-bond acceptors (Lipinski definition) is 3. The third kappa shape index (κ3) is 1.99. The first-order valence-electron chi connectivity index (χ1n) is 4.32. The number of halogens is 1. The zero-order valence-corrected chi connectivity index (χ0v) is 8.83. The predicted octanol–water partition coefficient (Wildman–Crippen LogP) is 1.44. The first-order chi connectivity index (χ1) is 6.97. The van der Waals surface area contributed by atoms with Gasteiger partial charge in [0.25, 0.3) is 0 Å². The van der Waals surface area contributed by atoms with Crippen molar-refractivity contribution in [1.82, 2.24) is 9.38 Å². The molecule has 2 rings (SSSR count). The van der Waals surface area contributed by atoms with Gasteiger partial charge >= 0.3 is 10.2 Å². The Morgan fingerprint density at radius 2 is 2.20 bits per heavy atom. The summed E-state index contributed by atoms with van der Waals surface area (Å²) in [4.78, 5) is 4.13. The highest BCUT2D eigenvalue weighted by Gasteiger charge is 2.16. The molecule has 2 aromatic heterocycles. The highest BCUT2D eigenvalue weighted by molar-refractivity contribution is 7.85. The molecule has 15 heavy (non-hydrogen) atoms. The second-order valence-corrected chi connectivity index (χ2v) is 4.62. The van der Waals surface area contributed by atoms with E-state index in [1.807, 2.05) is 0 Å². The second-order valence-electron chi connectivity index (χ2n) is 3.26. The molecule has 2 heterocycles. The van der Waals surface area contributed by atoms with Crippen LogP contribution in [0.15, 0.2) is 24.4 Å². The summed E-state index contributed by atoms with van der Waals surface area (Å²) in [5.41, 5.74) is 1.52. The fraction of sp³-hybridized carbons (Fsp3) is 0.222. The fourth-order valence-electron chi connectivity index (χ4n) is 1.50. The molecule has 80 valence electrons. The quantitative estimate of drug-likeness (QED) is 0.731. The molecule has 0 amide bonds.